The molecule has 1 amide bonds. The zero-order chi connectivity index (χ0) is 50.2. The molecule has 1 aromatic carbocycles. The van der Waals surface area contributed by atoms with Crippen molar-refractivity contribution in [3.8, 4) is 29.4 Å². The van der Waals surface area contributed by atoms with Crippen LogP contribution in [0.1, 0.15) is 57.9 Å². The molecule has 370 valence electrons. The number of nitrogens with zero attached hydrogens (tertiary/aromatic N) is 1. The maximum atomic E-state index is 15.4. The fourth-order valence-corrected chi connectivity index (χ4v) is 10.4. The van der Waals surface area contributed by atoms with Crippen LogP contribution in [0.15, 0.2) is 65.5 Å². The number of rotatable bonds is 15. The summed E-state index contributed by atoms with van der Waals surface area (Å²) in [6.07, 6.45) is -1.79. The van der Waals surface area contributed by atoms with Gasteiger partial charge in [0.15, 0.2) is 18.4 Å². The molecule has 17 nitrogen and oxygen atoms in total. The Morgan fingerprint density at radius 2 is 1.91 bits per heavy atom. The first-order valence-corrected chi connectivity index (χ1v) is 26.1. The average molecular weight is 1010 g/mol. The first kappa shape index (κ1) is 53.5. The van der Waals surface area contributed by atoms with Crippen molar-refractivity contribution in [2.24, 2.45) is 0 Å². The zero-order valence-corrected chi connectivity index (χ0v) is 42.2. The van der Waals surface area contributed by atoms with E-state index in [2.05, 4.69) is 44.3 Å². The molecule has 69 heavy (non-hydrogen) atoms. The number of aliphatic hydroxyl groups is 2. The molecule has 3 aliphatic rings. The van der Waals surface area contributed by atoms with Crippen molar-refractivity contribution in [2.45, 2.75) is 113 Å². The first-order valence-electron chi connectivity index (χ1n) is 22.1. The van der Waals surface area contributed by atoms with Crippen LogP contribution in [0.5, 0.6) is 5.75 Å². The molecule has 0 bridgehead atoms. The molecule has 2 aromatic heterocycles. The van der Waals surface area contributed by atoms with Gasteiger partial charge in [-0.1, -0.05) is 48.9 Å². The predicted octanol–water partition coefficient (Wildman–Crippen LogP) is 4.09. The lowest BCUT2D eigenvalue weighted by Crippen LogP contribution is -2.68. The number of thioether (sulfide) groups is 1. The van der Waals surface area contributed by atoms with E-state index in [1.165, 1.54) is 25.3 Å². The Morgan fingerprint density at radius 3 is 2.58 bits per heavy atom. The van der Waals surface area contributed by atoms with E-state index in [-0.39, 0.29) is 54.1 Å². The predicted molar refractivity (Wildman–Crippen MR) is 265 cm³/mol. The summed E-state index contributed by atoms with van der Waals surface area (Å²) >= 11 is 6.54. The molecule has 0 spiro atoms. The number of ketones is 2. The topological polar surface area (TPSA) is 226 Å². The highest BCUT2D eigenvalue weighted by Gasteiger charge is 2.61. The highest BCUT2D eigenvalue weighted by Crippen LogP contribution is 2.46. The van der Waals surface area contributed by atoms with Gasteiger partial charge in [0, 0.05) is 66.7 Å². The quantitative estimate of drug-likeness (QED) is 0.0626. The molecule has 9 unspecified atom stereocenters. The van der Waals surface area contributed by atoms with Crippen LogP contribution < -0.4 is 15.4 Å². The summed E-state index contributed by atoms with van der Waals surface area (Å²) in [6.45, 7) is 8.74. The maximum absolute atomic E-state index is 15.4. The van der Waals surface area contributed by atoms with E-state index in [4.69, 9.17) is 44.3 Å². The number of aromatic nitrogens is 2. The molecule has 20 heteroatoms. The summed E-state index contributed by atoms with van der Waals surface area (Å²) in [7, 11) is 2.14. The third kappa shape index (κ3) is 12.0. The molecule has 6 rings (SSSR count). The Balaban J connectivity index is 1.50. The summed E-state index contributed by atoms with van der Waals surface area (Å²) < 4.78 is 40.8. The number of esters is 1. The number of benzene rings is 1. The minimum Gasteiger partial charge on any atom is -0.453 e. The second-order valence-corrected chi connectivity index (χ2v) is 21.0. The number of Topliss-reactive ketones (excluding diaryl/α,β-unsaturated/α-hetero) is 2. The van der Waals surface area contributed by atoms with Gasteiger partial charge in [-0.25, -0.2) is 4.79 Å². The number of carbonyl (C=O) groups is 4. The van der Waals surface area contributed by atoms with Crippen molar-refractivity contribution >= 4 is 77.8 Å². The van der Waals surface area contributed by atoms with Crippen molar-refractivity contribution in [3.63, 3.8) is 0 Å². The number of hydrogen-bond donors (Lipinski definition) is 5. The standard InChI is InChI=1S/C49H58N4O13S3/c1-10-11-12-13-14-15-37(40-31(19-21-69(9)67)35(55)23-36(56)42(40)53-48(59)61-7)65-47-44(66-39-24-38(60-6)34(25-62-39)51-26(2)3)46(58)49(68-8,27(4)63-47)45(57)43-41-30(18-20-50-43)32-22-29(64-28(5)54)16-17-33(32)52-41/h12-13,16-20,22,26-27,34-35,37-39,44,46-47,51-52,55,58H,21,23-25H2,1-9H3,(H,53,59)/b13-12-,31-19-/t27?,34?,35-,37-,38?,39?,44?,46?,47?,49?,69?/m0/s1. The maximum Gasteiger partial charge on any atom is 0.411 e. The van der Waals surface area contributed by atoms with Crippen LogP contribution in [0.4, 0.5) is 4.79 Å². The van der Waals surface area contributed by atoms with Gasteiger partial charge in [-0.05, 0) is 68.3 Å². The van der Waals surface area contributed by atoms with Crippen LogP contribution in [0.3, 0.4) is 0 Å². The lowest BCUT2D eigenvalue weighted by atomic mass is 9.82. The number of H-pyrrole nitrogens is 1. The Hall–Kier alpha value is -4.81. The van der Waals surface area contributed by atoms with Crippen molar-refractivity contribution in [2.75, 3.05) is 39.1 Å². The minimum absolute atomic E-state index is 0.00291. The fraction of sp³-hybridized carbons (Fsp3) is 0.490. The van der Waals surface area contributed by atoms with Crippen LogP contribution in [0.2, 0.25) is 0 Å². The number of nitrogens with one attached hydrogen (secondary N) is 3. The molecular weight excluding hydrogens is 949 g/mol. The van der Waals surface area contributed by atoms with Crippen LogP contribution in [-0.2, 0) is 58.7 Å². The Labute approximate surface area is 412 Å². The van der Waals surface area contributed by atoms with E-state index >= 15 is 4.79 Å². The lowest BCUT2D eigenvalue weighted by molar-refractivity contribution is -0.323. The van der Waals surface area contributed by atoms with Gasteiger partial charge in [0.25, 0.3) is 0 Å². The Bertz CT molecular complexity index is 2680. The number of pyridine rings is 1. The first-order chi connectivity index (χ1) is 33.0. The van der Waals surface area contributed by atoms with Crippen molar-refractivity contribution in [1.82, 2.24) is 20.6 Å². The van der Waals surface area contributed by atoms with Crippen molar-refractivity contribution in [3.05, 3.63) is 71.2 Å². The summed E-state index contributed by atoms with van der Waals surface area (Å²) in [6, 6.07) is 6.67. The number of aromatic amines is 1. The number of hydrogen-bond acceptors (Lipinski definition) is 17. The molecule has 2 fully saturated rings. The van der Waals surface area contributed by atoms with Gasteiger partial charge in [-0.15, -0.1) is 27.1 Å². The lowest BCUT2D eigenvalue weighted by Gasteiger charge is -2.51. The number of carbonyl (C=O) groups excluding carboxylic acids is 4. The van der Waals surface area contributed by atoms with E-state index in [0.29, 0.717) is 33.3 Å². The van der Waals surface area contributed by atoms with Gasteiger partial charge in [-0.3, -0.25) is 24.7 Å². The number of aliphatic hydroxyl groups excluding tert-OH is 2. The molecule has 4 heterocycles. The zero-order valence-electron chi connectivity index (χ0n) is 39.8. The van der Waals surface area contributed by atoms with Crippen molar-refractivity contribution in [1.29, 1.82) is 0 Å². The van der Waals surface area contributed by atoms with Crippen LogP contribution >= 0.6 is 11.8 Å². The van der Waals surface area contributed by atoms with E-state index in [1.54, 1.807) is 57.6 Å². The second kappa shape index (κ2) is 23.9. The van der Waals surface area contributed by atoms with Gasteiger partial charge in [0.1, 0.15) is 34.5 Å². The molecular formula is C49H58N4O13S3. The number of methoxy groups -OCH3 is 2. The molecule has 11 atom stereocenters. The van der Waals surface area contributed by atoms with Crippen molar-refractivity contribution < 1.29 is 62.5 Å². The third-order valence-electron chi connectivity index (χ3n) is 11.8. The van der Waals surface area contributed by atoms with E-state index in [1.807, 2.05) is 20.1 Å². The molecule has 1 aliphatic carbocycles. The fourth-order valence-electron chi connectivity index (χ4n) is 8.69. The molecule has 0 saturated carbocycles. The number of ether oxygens (including phenoxy) is 7. The number of allylic oxidation sites excluding steroid dienone is 3. The van der Waals surface area contributed by atoms with Gasteiger partial charge in [0.2, 0.25) is 5.78 Å². The molecule has 5 N–H and O–H groups in total. The summed E-state index contributed by atoms with van der Waals surface area (Å²) in [5, 5.41) is 31.8. The largest absolute Gasteiger partial charge is 0.453 e. The second-order valence-electron chi connectivity index (χ2n) is 16.7. The average Bonchev–Trinajstić information content (AvgIpc) is 3.68. The van der Waals surface area contributed by atoms with Gasteiger partial charge < -0.3 is 53.7 Å². The van der Waals surface area contributed by atoms with E-state index in [9.17, 15) is 24.6 Å². The summed E-state index contributed by atoms with van der Waals surface area (Å²) in [5.41, 5.74) is 0.968. The van der Waals surface area contributed by atoms with Gasteiger partial charge in [-0.2, -0.15) is 0 Å². The monoisotopic (exact) mass is 1010 g/mol. The SMILES string of the molecule is CC#C/C=C\C#C[C@H](OC1OC(C)C(SC)(C(=O)c2nccc3c2[nH]c2ccc(OC(C)=O)cc23)C(O)C1OC1CC(OC)C(NC(C)C)CO1)C1=C(NC(=O)OC)C(=O)C[C@H](O)/C1=C/CS(C)=S. The highest BCUT2D eigenvalue weighted by atomic mass is 32.8. The normalized spacial score (nSPS) is 27.7. The Kier molecular flexibility index (Phi) is 18.5. The van der Waals surface area contributed by atoms with E-state index < -0.39 is 87.0 Å². The van der Waals surface area contributed by atoms with Gasteiger partial charge in [0.05, 0.1) is 49.3 Å². The molecule has 3 aromatic rings. The third-order valence-corrected chi connectivity index (χ3v) is 14.3. The smallest absolute Gasteiger partial charge is 0.411 e. The summed E-state index contributed by atoms with van der Waals surface area (Å²) in [4.78, 5) is 61.8. The Morgan fingerprint density at radius 1 is 1.16 bits per heavy atom. The number of amides is 1. The van der Waals surface area contributed by atoms with E-state index in [0.717, 1.165) is 18.9 Å². The number of alkyl carbamates (subject to hydrolysis) is 1. The minimum atomic E-state index is -1.83. The van der Waals surface area contributed by atoms with Crippen LogP contribution in [-0.4, -0.2) is 149 Å². The van der Waals surface area contributed by atoms with Crippen LogP contribution in [0, 0.1) is 23.7 Å². The van der Waals surface area contributed by atoms with Crippen LogP contribution in [0.25, 0.3) is 21.8 Å². The van der Waals surface area contributed by atoms with Gasteiger partial charge >= 0.3 is 12.1 Å². The molecule has 2 aliphatic heterocycles. The molecule has 2 saturated heterocycles. The summed E-state index contributed by atoms with van der Waals surface area (Å²) in [5.74, 6) is 10.3. The molecule has 0 radical (unpaired) electrons. The highest BCUT2D eigenvalue weighted by molar-refractivity contribution is 8.28. The number of fused-ring (bicyclic) bond motifs is 3.